The second-order valence-electron chi connectivity index (χ2n) is 5.20. The molecule has 1 fully saturated rings. The summed E-state index contributed by atoms with van der Waals surface area (Å²) in [4.78, 5) is 22.0. The van der Waals surface area contributed by atoms with Crippen LogP contribution in [0, 0.1) is 16.0 Å². The molecule has 1 aliphatic rings. The topological polar surface area (TPSA) is 81.5 Å². The highest BCUT2D eigenvalue weighted by Gasteiger charge is 2.23. The Labute approximate surface area is 117 Å². The smallest absolute Gasteiger partial charge is 0.310 e. The molecule has 1 aromatic rings. The average Bonchev–Trinajstić information content (AvgIpc) is 2.82. The minimum atomic E-state index is -0.522. The van der Waals surface area contributed by atoms with E-state index in [0.717, 1.165) is 19.3 Å². The second kappa shape index (κ2) is 6.36. The van der Waals surface area contributed by atoms with E-state index in [1.165, 1.54) is 12.1 Å². The first-order chi connectivity index (χ1) is 9.56. The van der Waals surface area contributed by atoms with Crippen LogP contribution in [0.3, 0.4) is 0 Å². The molecule has 1 aromatic carbocycles. The molecule has 2 unspecified atom stereocenters. The van der Waals surface area contributed by atoms with Crippen molar-refractivity contribution in [2.75, 3.05) is 6.61 Å². The van der Waals surface area contributed by atoms with Crippen LogP contribution in [0.1, 0.15) is 26.2 Å². The summed E-state index contributed by atoms with van der Waals surface area (Å²) in [5, 5.41) is 13.7. The molecule has 6 nitrogen and oxygen atoms in total. The van der Waals surface area contributed by atoms with Crippen molar-refractivity contribution >= 4 is 11.6 Å². The van der Waals surface area contributed by atoms with Gasteiger partial charge < -0.3 is 10.1 Å². The van der Waals surface area contributed by atoms with Crippen molar-refractivity contribution in [3.8, 4) is 5.75 Å². The van der Waals surface area contributed by atoms with Crippen molar-refractivity contribution < 1.29 is 14.5 Å². The van der Waals surface area contributed by atoms with E-state index in [1.54, 1.807) is 12.1 Å². The van der Waals surface area contributed by atoms with Gasteiger partial charge in [-0.3, -0.25) is 14.9 Å². The molecular formula is C14H18N2O4. The largest absolute Gasteiger partial charge is 0.477 e. The monoisotopic (exact) mass is 278 g/mol. The lowest BCUT2D eigenvalue weighted by Gasteiger charge is -2.13. The molecule has 0 heterocycles. The maximum atomic E-state index is 11.8. The van der Waals surface area contributed by atoms with E-state index in [4.69, 9.17) is 4.74 Å². The van der Waals surface area contributed by atoms with Crippen molar-refractivity contribution in [2.24, 2.45) is 5.92 Å². The zero-order valence-electron chi connectivity index (χ0n) is 11.4. The number of nitro groups is 1. The van der Waals surface area contributed by atoms with E-state index < -0.39 is 4.92 Å². The number of para-hydroxylation sites is 2. The Bertz CT molecular complexity index is 504. The number of amides is 1. The Balaban J connectivity index is 1.86. The summed E-state index contributed by atoms with van der Waals surface area (Å²) >= 11 is 0. The van der Waals surface area contributed by atoms with Crippen LogP contribution in [-0.4, -0.2) is 23.5 Å². The third kappa shape index (κ3) is 3.69. The summed E-state index contributed by atoms with van der Waals surface area (Å²) in [5.74, 6) is 0.520. The molecule has 1 N–H and O–H groups in total. The van der Waals surface area contributed by atoms with Gasteiger partial charge in [0.2, 0.25) is 0 Å². The predicted molar refractivity (Wildman–Crippen MR) is 73.5 cm³/mol. The molecule has 1 amide bonds. The van der Waals surface area contributed by atoms with Crippen LogP contribution in [0.5, 0.6) is 5.75 Å². The van der Waals surface area contributed by atoms with Gasteiger partial charge >= 0.3 is 5.69 Å². The average molecular weight is 278 g/mol. The molecule has 1 aliphatic carbocycles. The number of carbonyl (C=O) groups excluding carboxylic acids is 1. The van der Waals surface area contributed by atoms with E-state index in [-0.39, 0.29) is 30.0 Å². The zero-order chi connectivity index (χ0) is 14.5. The minimum absolute atomic E-state index is 0.118. The summed E-state index contributed by atoms with van der Waals surface area (Å²) in [6, 6.07) is 6.24. The first-order valence-corrected chi connectivity index (χ1v) is 6.72. The fraction of sp³-hybridized carbons (Fsp3) is 0.500. The van der Waals surface area contributed by atoms with E-state index in [9.17, 15) is 14.9 Å². The molecule has 1 saturated carbocycles. The Hall–Kier alpha value is -2.11. The highest BCUT2D eigenvalue weighted by Crippen LogP contribution is 2.26. The molecule has 0 radical (unpaired) electrons. The number of ether oxygens (including phenoxy) is 1. The third-order valence-corrected chi connectivity index (χ3v) is 3.48. The van der Waals surface area contributed by atoms with Crippen molar-refractivity contribution in [1.29, 1.82) is 0 Å². The number of hydrogen-bond acceptors (Lipinski definition) is 4. The van der Waals surface area contributed by atoms with Crippen molar-refractivity contribution in [3.05, 3.63) is 34.4 Å². The normalized spacial score (nSPS) is 21.4. The molecule has 108 valence electrons. The highest BCUT2D eigenvalue weighted by atomic mass is 16.6. The van der Waals surface area contributed by atoms with Crippen LogP contribution in [0.15, 0.2) is 24.3 Å². The van der Waals surface area contributed by atoms with Gasteiger partial charge in [0, 0.05) is 12.1 Å². The van der Waals surface area contributed by atoms with E-state index in [1.807, 2.05) is 0 Å². The SMILES string of the molecule is CC1CCC(NC(=O)COc2ccccc2[N+](=O)[O-])C1. The van der Waals surface area contributed by atoms with Gasteiger partial charge in [-0.05, 0) is 31.2 Å². The number of nitrogens with zero attached hydrogens (tertiary/aromatic N) is 1. The Morgan fingerprint density at radius 1 is 1.45 bits per heavy atom. The molecule has 0 bridgehead atoms. The number of nitrogens with one attached hydrogen (secondary N) is 1. The molecule has 2 atom stereocenters. The van der Waals surface area contributed by atoms with E-state index >= 15 is 0 Å². The van der Waals surface area contributed by atoms with Gasteiger partial charge in [0.15, 0.2) is 12.4 Å². The maximum Gasteiger partial charge on any atom is 0.310 e. The van der Waals surface area contributed by atoms with Crippen LogP contribution in [0.25, 0.3) is 0 Å². The van der Waals surface area contributed by atoms with Crippen LogP contribution >= 0.6 is 0 Å². The Kier molecular flexibility index (Phi) is 4.55. The quantitative estimate of drug-likeness (QED) is 0.661. The van der Waals surface area contributed by atoms with Gasteiger partial charge in [0.05, 0.1) is 4.92 Å². The van der Waals surface area contributed by atoms with Crippen molar-refractivity contribution in [2.45, 2.75) is 32.2 Å². The van der Waals surface area contributed by atoms with Crippen LogP contribution in [0.2, 0.25) is 0 Å². The molecule has 0 spiro atoms. The summed E-state index contributed by atoms with van der Waals surface area (Å²) in [6.45, 7) is 1.96. The number of rotatable bonds is 5. The lowest BCUT2D eigenvalue weighted by Crippen LogP contribution is -2.36. The number of carbonyl (C=O) groups is 1. The summed E-state index contributed by atoms with van der Waals surface area (Å²) in [7, 11) is 0. The van der Waals surface area contributed by atoms with Gasteiger partial charge in [0.1, 0.15) is 0 Å². The summed E-state index contributed by atoms with van der Waals surface area (Å²) in [6.07, 6.45) is 3.09. The Morgan fingerprint density at radius 3 is 2.85 bits per heavy atom. The molecule has 2 rings (SSSR count). The first kappa shape index (κ1) is 14.3. The van der Waals surface area contributed by atoms with Gasteiger partial charge in [-0.15, -0.1) is 0 Å². The van der Waals surface area contributed by atoms with Gasteiger partial charge in [0.25, 0.3) is 5.91 Å². The molecule has 0 aliphatic heterocycles. The number of benzene rings is 1. The highest BCUT2D eigenvalue weighted by molar-refractivity contribution is 5.78. The molecular weight excluding hydrogens is 260 g/mol. The Morgan fingerprint density at radius 2 is 2.20 bits per heavy atom. The van der Waals surface area contributed by atoms with Crippen LogP contribution in [-0.2, 0) is 4.79 Å². The molecule has 6 heteroatoms. The number of nitro benzene ring substituents is 1. The van der Waals surface area contributed by atoms with Crippen molar-refractivity contribution in [1.82, 2.24) is 5.32 Å². The van der Waals surface area contributed by atoms with Gasteiger partial charge in [-0.1, -0.05) is 19.1 Å². The lowest BCUT2D eigenvalue weighted by molar-refractivity contribution is -0.385. The third-order valence-electron chi connectivity index (χ3n) is 3.48. The fourth-order valence-electron chi connectivity index (χ4n) is 2.48. The standard InChI is InChI=1S/C14H18N2O4/c1-10-6-7-11(8-10)15-14(17)9-20-13-5-3-2-4-12(13)16(18)19/h2-5,10-11H,6-9H2,1H3,(H,15,17). The fourth-order valence-corrected chi connectivity index (χ4v) is 2.48. The molecule has 0 aromatic heterocycles. The second-order valence-corrected chi connectivity index (χ2v) is 5.20. The number of hydrogen-bond donors (Lipinski definition) is 1. The minimum Gasteiger partial charge on any atom is -0.477 e. The van der Waals surface area contributed by atoms with Gasteiger partial charge in [-0.2, -0.15) is 0 Å². The summed E-state index contributed by atoms with van der Waals surface area (Å²) in [5.41, 5.74) is -0.130. The van der Waals surface area contributed by atoms with Crippen LogP contribution in [0.4, 0.5) is 5.69 Å². The van der Waals surface area contributed by atoms with Crippen molar-refractivity contribution in [3.63, 3.8) is 0 Å². The lowest BCUT2D eigenvalue weighted by atomic mass is 10.1. The maximum absolute atomic E-state index is 11.8. The van der Waals surface area contributed by atoms with E-state index in [2.05, 4.69) is 12.2 Å². The van der Waals surface area contributed by atoms with Crippen LogP contribution < -0.4 is 10.1 Å². The molecule has 20 heavy (non-hydrogen) atoms. The first-order valence-electron chi connectivity index (χ1n) is 6.72. The van der Waals surface area contributed by atoms with E-state index in [0.29, 0.717) is 5.92 Å². The van der Waals surface area contributed by atoms with Gasteiger partial charge in [-0.25, -0.2) is 0 Å². The summed E-state index contributed by atoms with van der Waals surface area (Å²) < 4.78 is 5.24. The zero-order valence-corrected chi connectivity index (χ0v) is 11.4. The molecule has 0 saturated heterocycles. The predicted octanol–water partition coefficient (Wildman–Crippen LogP) is 2.28.